The minimum atomic E-state index is 0.0437. The van der Waals surface area contributed by atoms with Crippen molar-refractivity contribution in [3.05, 3.63) is 115 Å². The summed E-state index contributed by atoms with van der Waals surface area (Å²) in [5, 5.41) is 0. The fourth-order valence-electron chi connectivity index (χ4n) is 7.34. The van der Waals surface area contributed by atoms with Gasteiger partial charge in [-0.25, -0.2) is 9.97 Å². The topological polar surface area (TPSA) is 38.7 Å². The number of aromatic nitrogens is 2. The molecule has 6 nitrogen and oxygen atoms in total. The van der Waals surface area contributed by atoms with E-state index < -0.39 is 0 Å². The summed E-state index contributed by atoms with van der Waals surface area (Å²) in [6.07, 6.45) is 6.60. The van der Waals surface area contributed by atoms with Crippen LogP contribution in [0.1, 0.15) is 22.6 Å². The molecule has 6 heteroatoms. The minimum Gasteiger partial charge on any atom is -0.358 e. The van der Waals surface area contributed by atoms with Crippen LogP contribution < -0.4 is 14.7 Å². The number of allylic oxidation sites excluding steroid dienone is 1. The molecule has 8 rings (SSSR count). The van der Waals surface area contributed by atoms with Crippen molar-refractivity contribution in [3.63, 3.8) is 0 Å². The molecule has 5 heterocycles. The number of fused-ring (bicyclic) bond motifs is 12. The van der Waals surface area contributed by atoms with Gasteiger partial charge in [0, 0.05) is 55.1 Å². The molecule has 0 fully saturated rings. The van der Waals surface area contributed by atoms with Gasteiger partial charge in [-0.15, -0.1) is 0 Å². The second-order valence-corrected chi connectivity index (χ2v) is 11.1. The predicted octanol–water partition coefficient (Wildman–Crippen LogP) is 6.36. The van der Waals surface area contributed by atoms with E-state index in [4.69, 9.17) is 16.5 Å². The number of benzene rings is 3. The van der Waals surface area contributed by atoms with Crippen molar-refractivity contribution in [1.29, 1.82) is 0 Å². The molecular weight excluding hydrogens is 480 g/mol. The Hall–Kier alpha value is -4.58. The fourth-order valence-corrected chi connectivity index (χ4v) is 7.34. The van der Waals surface area contributed by atoms with Crippen molar-refractivity contribution in [2.75, 3.05) is 28.8 Å². The molecule has 3 aromatic carbocycles. The maximum Gasteiger partial charge on any atom is 0.162 e. The number of rotatable bonds is 1. The first-order chi connectivity index (χ1) is 19.0. The van der Waals surface area contributed by atoms with E-state index in [0.717, 1.165) is 22.9 Å². The summed E-state index contributed by atoms with van der Waals surface area (Å²) in [5.74, 6) is 2.05. The fraction of sp³-hybridized carbons (Fsp3) is 0.212. The Morgan fingerprint density at radius 1 is 0.769 bits per heavy atom. The van der Waals surface area contributed by atoms with Crippen molar-refractivity contribution in [1.82, 2.24) is 14.9 Å². The third-order valence-electron chi connectivity index (χ3n) is 9.08. The zero-order valence-electron chi connectivity index (χ0n) is 22.4. The molecule has 0 saturated heterocycles. The van der Waals surface area contributed by atoms with Crippen LogP contribution in [-0.4, -0.2) is 41.3 Å². The molecule has 4 aliphatic heterocycles. The first kappa shape index (κ1) is 22.4. The van der Waals surface area contributed by atoms with Gasteiger partial charge < -0.3 is 19.6 Å². The van der Waals surface area contributed by atoms with Gasteiger partial charge in [0.05, 0.1) is 11.9 Å². The molecule has 0 spiro atoms. The van der Waals surface area contributed by atoms with Gasteiger partial charge in [0.15, 0.2) is 11.6 Å². The van der Waals surface area contributed by atoms with E-state index >= 15 is 0 Å². The van der Waals surface area contributed by atoms with Gasteiger partial charge in [0.2, 0.25) is 0 Å². The summed E-state index contributed by atoms with van der Waals surface area (Å²) in [7, 11) is 4.39. The van der Waals surface area contributed by atoms with Crippen molar-refractivity contribution in [3.8, 4) is 11.4 Å². The number of anilines is 4. The predicted molar refractivity (Wildman–Crippen MR) is 158 cm³/mol. The molecule has 39 heavy (non-hydrogen) atoms. The molecular formula is C33H30N6. The molecule has 1 aromatic heterocycles. The first-order valence-corrected chi connectivity index (χ1v) is 13.6. The average Bonchev–Trinajstić information content (AvgIpc) is 3.45. The maximum absolute atomic E-state index is 5.25. The summed E-state index contributed by atoms with van der Waals surface area (Å²) >= 11 is 0. The van der Waals surface area contributed by atoms with Gasteiger partial charge in [-0.2, -0.15) is 0 Å². The van der Waals surface area contributed by atoms with Gasteiger partial charge in [-0.05, 0) is 35.8 Å². The van der Waals surface area contributed by atoms with E-state index in [1.54, 1.807) is 0 Å². The van der Waals surface area contributed by atoms with Crippen LogP contribution in [0.15, 0.2) is 98.0 Å². The highest BCUT2D eigenvalue weighted by Crippen LogP contribution is 2.59. The second kappa shape index (κ2) is 7.96. The van der Waals surface area contributed by atoms with E-state index in [1.807, 2.05) is 6.20 Å². The van der Waals surface area contributed by atoms with Gasteiger partial charge in [-0.3, -0.25) is 0 Å². The molecule has 0 aliphatic carbocycles. The summed E-state index contributed by atoms with van der Waals surface area (Å²) in [4.78, 5) is 19.8. The first-order valence-electron chi connectivity index (χ1n) is 13.6. The van der Waals surface area contributed by atoms with Crippen LogP contribution in [-0.2, 0) is 0 Å². The van der Waals surface area contributed by atoms with Crippen molar-refractivity contribution < 1.29 is 0 Å². The largest absolute Gasteiger partial charge is 0.358 e. The van der Waals surface area contributed by atoms with Gasteiger partial charge in [-0.1, -0.05) is 67.2 Å². The van der Waals surface area contributed by atoms with Crippen LogP contribution in [0.5, 0.6) is 0 Å². The molecule has 4 atom stereocenters. The molecule has 0 bridgehead atoms. The Morgan fingerprint density at radius 2 is 1.49 bits per heavy atom. The van der Waals surface area contributed by atoms with E-state index in [1.165, 1.54) is 33.6 Å². The lowest BCUT2D eigenvalue weighted by Gasteiger charge is -2.50. The quantitative estimate of drug-likeness (QED) is 0.297. The Kier molecular flexibility index (Phi) is 4.57. The van der Waals surface area contributed by atoms with Crippen molar-refractivity contribution in [2.45, 2.75) is 25.2 Å². The van der Waals surface area contributed by atoms with Crippen molar-refractivity contribution in [2.24, 2.45) is 5.92 Å². The minimum absolute atomic E-state index is 0.0437. The number of hydrogen-bond donors (Lipinski definition) is 0. The monoisotopic (exact) mass is 510 g/mol. The van der Waals surface area contributed by atoms with Gasteiger partial charge in [0.25, 0.3) is 0 Å². The summed E-state index contributed by atoms with van der Waals surface area (Å²) in [6, 6.07) is 25.9. The molecule has 192 valence electrons. The molecule has 0 amide bonds. The summed E-state index contributed by atoms with van der Waals surface area (Å²) < 4.78 is 0. The number of aryl methyl sites for hydroxylation is 1. The molecule has 4 unspecified atom stereocenters. The van der Waals surface area contributed by atoms with E-state index in [2.05, 4.69) is 126 Å². The Morgan fingerprint density at radius 3 is 2.31 bits per heavy atom. The van der Waals surface area contributed by atoms with Crippen LogP contribution in [0.3, 0.4) is 0 Å². The number of para-hydroxylation sites is 2. The third kappa shape index (κ3) is 2.91. The molecule has 4 aromatic rings. The SMILES string of the molecule is C=C1c2ccccc2N2C=CN(C)C2C2C1c1ccccc1N1c3nc(-c4ccccc4C)ncc3N(C)C21. The van der Waals surface area contributed by atoms with Crippen molar-refractivity contribution >= 4 is 28.5 Å². The van der Waals surface area contributed by atoms with Crippen LogP contribution in [0.4, 0.5) is 22.9 Å². The number of hydrogen-bond acceptors (Lipinski definition) is 6. The standard InChI is InChI=1S/C33H30N6/c1-20-11-5-6-12-22(20)30-34-19-27-31(35-30)39-26-16-10-8-14-24(26)28-21(2)23-13-7-9-15-25(23)38-18-17-36(3)32(38)29(28)33(39)37(27)4/h5-19,28-29,32-33H,2H2,1,3-4H3. The Bertz CT molecular complexity index is 1690. The molecule has 0 N–H and O–H groups in total. The van der Waals surface area contributed by atoms with E-state index in [9.17, 15) is 0 Å². The molecule has 0 radical (unpaired) electrons. The van der Waals surface area contributed by atoms with Gasteiger partial charge in [0.1, 0.15) is 18.0 Å². The highest BCUT2D eigenvalue weighted by Gasteiger charge is 2.56. The van der Waals surface area contributed by atoms with Gasteiger partial charge >= 0.3 is 0 Å². The second-order valence-electron chi connectivity index (χ2n) is 11.1. The van der Waals surface area contributed by atoms with Crippen LogP contribution in [0, 0.1) is 12.8 Å². The molecule has 4 aliphatic rings. The Labute approximate surface area is 229 Å². The highest BCUT2D eigenvalue weighted by atomic mass is 15.5. The third-order valence-corrected chi connectivity index (χ3v) is 9.08. The zero-order valence-corrected chi connectivity index (χ0v) is 22.4. The lowest BCUT2D eigenvalue weighted by molar-refractivity contribution is 0.208. The van der Waals surface area contributed by atoms with E-state index in [0.29, 0.717) is 0 Å². The van der Waals surface area contributed by atoms with Crippen LogP contribution >= 0.6 is 0 Å². The molecule has 0 saturated carbocycles. The smallest absolute Gasteiger partial charge is 0.162 e. The average molecular weight is 511 g/mol. The van der Waals surface area contributed by atoms with Crippen LogP contribution in [0.25, 0.3) is 17.0 Å². The van der Waals surface area contributed by atoms with Crippen LogP contribution in [0.2, 0.25) is 0 Å². The maximum atomic E-state index is 5.25. The lowest BCUT2D eigenvalue weighted by Crippen LogP contribution is -2.58. The normalized spacial score (nSPS) is 24.0. The number of nitrogens with zero attached hydrogens (tertiary/aromatic N) is 6. The highest BCUT2D eigenvalue weighted by molar-refractivity contribution is 5.90. The van der Waals surface area contributed by atoms with E-state index in [-0.39, 0.29) is 24.2 Å². The summed E-state index contributed by atoms with van der Waals surface area (Å²) in [5.41, 5.74) is 9.41. The Balaban J connectivity index is 1.37. The summed E-state index contributed by atoms with van der Waals surface area (Å²) in [6.45, 7) is 6.89. The lowest BCUT2D eigenvalue weighted by atomic mass is 9.72. The zero-order chi connectivity index (χ0) is 26.4.